The number of halogens is 2. The summed E-state index contributed by atoms with van der Waals surface area (Å²) in [5, 5.41) is 15.0. The molecular weight excluding hydrogens is 362 g/mol. The first-order valence-electron chi connectivity index (χ1n) is 8.42. The smallest absolute Gasteiger partial charge is 0.230 e. The maximum atomic E-state index is 13.9. The SMILES string of the molecule is CCc1nc2sc([C@@H](c3ccc(F)c(F)c3)N3CCOCC3)c(O)n2n1. The lowest BCUT2D eigenvalue weighted by molar-refractivity contribution is 0.0240. The Hall–Kier alpha value is -2.10. The van der Waals surface area contributed by atoms with Gasteiger partial charge in [0.05, 0.1) is 24.1 Å². The van der Waals surface area contributed by atoms with E-state index in [2.05, 4.69) is 15.0 Å². The molecule has 1 aliphatic heterocycles. The molecule has 0 bridgehead atoms. The number of thiazole rings is 1. The molecule has 0 amide bonds. The van der Waals surface area contributed by atoms with Crippen molar-refractivity contribution in [1.82, 2.24) is 19.5 Å². The van der Waals surface area contributed by atoms with E-state index in [9.17, 15) is 13.9 Å². The van der Waals surface area contributed by atoms with Gasteiger partial charge in [-0.05, 0) is 17.7 Å². The summed E-state index contributed by atoms with van der Waals surface area (Å²) < 4.78 is 34.1. The molecule has 0 aliphatic carbocycles. The molecule has 26 heavy (non-hydrogen) atoms. The molecule has 0 radical (unpaired) electrons. The van der Waals surface area contributed by atoms with Gasteiger partial charge < -0.3 is 9.84 Å². The Morgan fingerprint density at radius 2 is 2.04 bits per heavy atom. The molecule has 9 heteroatoms. The molecule has 3 heterocycles. The van der Waals surface area contributed by atoms with E-state index >= 15 is 0 Å². The van der Waals surface area contributed by atoms with E-state index in [0.717, 1.165) is 6.07 Å². The van der Waals surface area contributed by atoms with Crippen LogP contribution in [-0.4, -0.2) is 50.9 Å². The van der Waals surface area contributed by atoms with Crippen molar-refractivity contribution in [3.63, 3.8) is 0 Å². The number of ether oxygens (including phenoxy) is 1. The maximum Gasteiger partial charge on any atom is 0.230 e. The van der Waals surface area contributed by atoms with Gasteiger partial charge in [-0.3, -0.25) is 4.90 Å². The first-order chi connectivity index (χ1) is 12.6. The van der Waals surface area contributed by atoms with E-state index in [-0.39, 0.29) is 5.88 Å². The summed E-state index contributed by atoms with van der Waals surface area (Å²) in [6.07, 6.45) is 0.666. The predicted octanol–water partition coefficient (Wildman–Crippen LogP) is 2.76. The molecule has 1 aliphatic rings. The van der Waals surface area contributed by atoms with Crippen molar-refractivity contribution in [2.24, 2.45) is 0 Å². The minimum atomic E-state index is -0.909. The van der Waals surface area contributed by atoms with Gasteiger partial charge in [0.25, 0.3) is 0 Å². The van der Waals surface area contributed by atoms with Crippen molar-refractivity contribution >= 4 is 16.3 Å². The number of fused-ring (bicyclic) bond motifs is 1. The average molecular weight is 380 g/mol. The van der Waals surface area contributed by atoms with Crippen LogP contribution < -0.4 is 0 Å². The molecule has 1 N–H and O–H groups in total. The van der Waals surface area contributed by atoms with E-state index in [1.165, 1.54) is 21.9 Å². The molecular formula is C17H18F2N4O2S. The predicted molar refractivity (Wildman–Crippen MR) is 92.5 cm³/mol. The van der Waals surface area contributed by atoms with Crippen molar-refractivity contribution < 1.29 is 18.6 Å². The van der Waals surface area contributed by atoms with E-state index in [4.69, 9.17) is 4.74 Å². The highest BCUT2D eigenvalue weighted by atomic mass is 32.1. The zero-order chi connectivity index (χ0) is 18.3. The molecule has 1 fully saturated rings. The highest BCUT2D eigenvalue weighted by Crippen LogP contribution is 2.40. The van der Waals surface area contributed by atoms with Gasteiger partial charge in [-0.2, -0.15) is 4.52 Å². The van der Waals surface area contributed by atoms with Crippen molar-refractivity contribution in [2.45, 2.75) is 19.4 Å². The van der Waals surface area contributed by atoms with Gasteiger partial charge in [-0.15, -0.1) is 5.10 Å². The fourth-order valence-corrected chi connectivity index (χ4v) is 4.30. The van der Waals surface area contributed by atoms with E-state index in [1.807, 2.05) is 6.92 Å². The summed E-state index contributed by atoms with van der Waals surface area (Å²) in [5.74, 6) is -1.17. The van der Waals surface area contributed by atoms with Crippen LogP contribution in [0.1, 0.15) is 29.2 Å². The molecule has 0 saturated carbocycles. The van der Waals surface area contributed by atoms with E-state index in [0.29, 0.717) is 53.9 Å². The summed E-state index contributed by atoms with van der Waals surface area (Å²) >= 11 is 1.31. The van der Waals surface area contributed by atoms with Gasteiger partial charge in [0.2, 0.25) is 10.8 Å². The third-order valence-electron chi connectivity index (χ3n) is 4.48. The molecule has 3 aromatic rings. The number of hydrogen-bond donors (Lipinski definition) is 1. The van der Waals surface area contributed by atoms with Crippen LogP contribution in [0, 0.1) is 11.6 Å². The summed E-state index contributed by atoms with van der Waals surface area (Å²) in [7, 11) is 0. The molecule has 0 spiro atoms. The van der Waals surface area contributed by atoms with Crippen LogP contribution in [0.25, 0.3) is 4.96 Å². The van der Waals surface area contributed by atoms with Crippen LogP contribution in [0.3, 0.4) is 0 Å². The fraction of sp³-hybridized carbons (Fsp3) is 0.412. The van der Waals surface area contributed by atoms with Gasteiger partial charge >= 0.3 is 0 Å². The zero-order valence-corrected chi connectivity index (χ0v) is 15.0. The highest BCUT2D eigenvalue weighted by Gasteiger charge is 2.31. The quantitative estimate of drug-likeness (QED) is 0.754. The number of aryl methyl sites for hydroxylation is 1. The molecule has 1 saturated heterocycles. The Kier molecular flexibility index (Phi) is 4.60. The lowest BCUT2D eigenvalue weighted by Crippen LogP contribution is -2.39. The molecule has 138 valence electrons. The Morgan fingerprint density at radius 3 is 2.69 bits per heavy atom. The lowest BCUT2D eigenvalue weighted by atomic mass is 10.0. The number of nitrogens with zero attached hydrogens (tertiary/aromatic N) is 4. The van der Waals surface area contributed by atoms with Crippen molar-refractivity contribution in [3.05, 3.63) is 46.1 Å². The van der Waals surface area contributed by atoms with Crippen LogP contribution >= 0.6 is 11.3 Å². The van der Waals surface area contributed by atoms with Gasteiger partial charge in [0, 0.05) is 19.5 Å². The lowest BCUT2D eigenvalue weighted by Gasteiger charge is -2.34. The topological polar surface area (TPSA) is 62.9 Å². The second-order valence-electron chi connectivity index (χ2n) is 6.09. The third-order valence-corrected chi connectivity index (χ3v) is 5.55. The first-order valence-corrected chi connectivity index (χ1v) is 9.24. The number of benzene rings is 1. The minimum Gasteiger partial charge on any atom is -0.492 e. The Balaban J connectivity index is 1.83. The Labute approximate surface area is 152 Å². The van der Waals surface area contributed by atoms with E-state index < -0.39 is 17.7 Å². The monoisotopic (exact) mass is 380 g/mol. The first kappa shape index (κ1) is 17.3. The Bertz CT molecular complexity index is 936. The molecule has 0 unspecified atom stereocenters. The second kappa shape index (κ2) is 6.90. The molecule has 6 nitrogen and oxygen atoms in total. The number of rotatable bonds is 4. The summed E-state index contributed by atoms with van der Waals surface area (Å²) in [6.45, 7) is 4.27. The normalized spacial score (nSPS) is 17.0. The second-order valence-corrected chi connectivity index (χ2v) is 7.10. The zero-order valence-electron chi connectivity index (χ0n) is 14.2. The summed E-state index contributed by atoms with van der Waals surface area (Å²) in [5.41, 5.74) is 0.571. The Morgan fingerprint density at radius 1 is 1.27 bits per heavy atom. The van der Waals surface area contributed by atoms with Gasteiger partial charge in [0.15, 0.2) is 17.5 Å². The van der Waals surface area contributed by atoms with Crippen LogP contribution in [0.15, 0.2) is 18.2 Å². The minimum absolute atomic E-state index is 0.0153. The molecule has 2 aromatic heterocycles. The van der Waals surface area contributed by atoms with Crippen molar-refractivity contribution in [3.8, 4) is 5.88 Å². The standard InChI is InChI=1S/C17H18F2N4O2S/c1-2-13-20-17-23(21-13)16(24)15(26-17)14(22-5-7-25-8-6-22)10-3-4-11(18)12(19)9-10/h3-4,9,14,24H,2,5-8H2,1H3/t14-/m1/s1. The van der Waals surface area contributed by atoms with Gasteiger partial charge in [0.1, 0.15) is 0 Å². The number of hydrogen-bond acceptors (Lipinski definition) is 6. The highest BCUT2D eigenvalue weighted by molar-refractivity contribution is 7.17. The van der Waals surface area contributed by atoms with Crippen LogP contribution in [0.4, 0.5) is 8.78 Å². The fourth-order valence-electron chi connectivity index (χ4n) is 3.16. The van der Waals surface area contributed by atoms with Crippen LogP contribution in [0.2, 0.25) is 0 Å². The summed E-state index contributed by atoms with van der Waals surface area (Å²) in [4.78, 5) is 7.67. The largest absolute Gasteiger partial charge is 0.492 e. The van der Waals surface area contributed by atoms with Crippen LogP contribution in [-0.2, 0) is 11.2 Å². The van der Waals surface area contributed by atoms with Crippen molar-refractivity contribution in [1.29, 1.82) is 0 Å². The summed E-state index contributed by atoms with van der Waals surface area (Å²) in [6, 6.07) is 3.42. The van der Waals surface area contributed by atoms with Gasteiger partial charge in [-0.25, -0.2) is 13.8 Å². The molecule has 4 rings (SSSR count). The molecule has 1 atom stereocenters. The molecule has 1 aromatic carbocycles. The average Bonchev–Trinajstić information content (AvgIpc) is 3.19. The van der Waals surface area contributed by atoms with Crippen LogP contribution in [0.5, 0.6) is 5.88 Å². The third kappa shape index (κ3) is 2.95. The van der Waals surface area contributed by atoms with Gasteiger partial charge in [-0.1, -0.05) is 24.3 Å². The number of aromatic hydroxyl groups is 1. The number of aromatic nitrogens is 3. The number of morpholine rings is 1. The maximum absolute atomic E-state index is 13.9. The van der Waals surface area contributed by atoms with Crippen molar-refractivity contribution in [2.75, 3.05) is 26.3 Å². The van der Waals surface area contributed by atoms with E-state index in [1.54, 1.807) is 6.07 Å².